The molecule has 8 rings (SSSR count). The van der Waals surface area contributed by atoms with Crippen LogP contribution in [0.15, 0.2) is 42.5 Å². The predicted octanol–water partition coefficient (Wildman–Crippen LogP) is 3.87. The number of aryl methyl sites for hydroxylation is 1. The lowest BCUT2D eigenvalue weighted by atomic mass is 9.81. The summed E-state index contributed by atoms with van der Waals surface area (Å²) < 4.78 is 38.4. The van der Waals surface area contributed by atoms with Crippen molar-refractivity contribution < 1.29 is 22.7 Å². The summed E-state index contributed by atoms with van der Waals surface area (Å²) in [5, 5.41) is 1.05. The molecule has 0 radical (unpaired) electrons. The quantitative estimate of drug-likeness (QED) is 0.444. The Labute approximate surface area is 259 Å². The van der Waals surface area contributed by atoms with E-state index in [2.05, 4.69) is 14.2 Å². The van der Waals surface area contributed by atoms with E-state index in [0.29, 0.717) is 31.3 Å². The van der Waals surface area contributed by atoms with Gasteiger partial charge in [0.25, 0.3) is 11.8 Å². The van der Waals surface area contributed by atoms with Gasteiger partial charge in [-0.15, -0.1) is 0 Å². The number of aromatic nitrogens is 1. The van der Waals surface area contributed by atoms with E-state index in [0.717, 1.165) is 60.7 Å². The van der Waals surface area contributed by atoms with Crippen molar-refractivity contribution in [2.45, 2.75) is 62.9 Å². The molecule has 5 aliphatic rings. The third kappa shape index (κ3) is 5.18. The van der Waals surface area contributed by atoms with E-state index < -0.39 is 16.1 Å². The van der Waals surface area contributed by atoms with Gasteiger partial charge in [-0.3, -0.25) is 14.5 Å². The number of likely N-dealkylation sites (N-methyl/N-ethyl adjacent to an activating group) is 1. The summed E-state index contributed by atoms with van der Waals surface area (Å²) in [7, 11) is -0.566. The van der Waals surface area contributed by atoms with Crippen LogP contribution in [0.5, 0.6) is 5.75 Å². The van der Waals surface area contributed by atoms with Gasteiger partial charge in [-0.1, -0.05) is 37.5 Å². The number of amides is 2. The standard InChI is InChI=1S/C33H41N5O5S/c1-35-16-17-37-19-24-13-14-25(20-37)38(24)30(39)21-43-29-11-7-6-10-27(29)32-31(22-8-4-3-5-9-22)26-15-12-23(18-28(26)36(32)2)33(40)34-44(35,41)42/h6-7,10-12,15,18,22,24-25H,3-5,8-9,13-14,16-17,19-21H2,1-2H3,(H,34,40). The third-order valence-electron chi connectivity index (χ3n) is 10.2. The van der Waals surface area contributed by atoms with Crippen LogP contribution in [0.2, 0.25) is 0 Å². The molecule has 11 heteroatoms. The van der Waals surface area contributed by atoms with Crippen LogP contribution >= 0.6 is 0 Å². The number of benzene rings is 2. The van der Waals surface area contributed by atoms with E-state index in [1.54, 1.807) is 12.1 Å². The van der Waals surface area contributed by atoms with E-state index in [9.17, 15) is 18.0 Å². The van der Waals surface area contributed by atoms with Gasteiger partial charge in [-0.05, 0) is 61.4 Å². The van der Waals surface area contributed by atoms with Crippen LogP contribution in [0, 0.1) is 0 Å². The normalized spacial score (nSPS) is 26.6. The Morgan fingerprint density at radius 2 is 1.61 bits per heavy atom. The number of hydrogen-bond donors (Lipinski definition) is 1. The number of nitrogens with zero attached hydrogens (tertiary/aromatic N) is 4. The van der Waals surface area contributed by atoms with E-state index >= 15 is 0 Å². The molecule has 4 aliphatic heterocycles. The molecule has 2 atom stereocenters. The van der Waals surface area contributed by atoms with E-state index in [1.807, 2.05) is 42.3 Å². The fourth-order valence-corrected chi connectivity index (χ4v) is 8.81. The van der Waals surface area contributed by atoms with Crippen LogP contribution in [0.3, 0.4) is 0 Å². The number of rotatable bonds is 1. The molecule has 1 N–H and O–H groups in total. The predicted molar refractivity (Wildman–Crippen MR) is 169 cm³/mol. The second-order valence-corrected chi connectivity index (χ2v) is 14.7. The van der Waals surface area contributed by atoms with Crippen molar-refractivity contribution in [3.05, 3.63) is 53.6 Å². The monoisotopic (exact) mass is 619 g/mol. The Bertz CT molecular complexity index is 1700. The topological polar surface area (TPSA) is 104 Å². The first kappa shape index (κ1) is 29.3. The van der Waals surface area contributed by atoms with Crippen LogP contribution in [0.1, 0.15) is 66.8 Å². The van der Waals surface area contributed by atoms with Crippen LogP contribution in [0.25, 0.3) is 22.2 Å². The Morgan fingerprint density at radius 3 is 2.36 bits per heavy atom. The minimum absolute atomic E-state index is 0.00190. The van der Waals surface area contributed by atoms with Gasteiger partial charge in [-0.2, -0.15) is 12.7 Å². The summed E-state index contributed by atoms with van der Waals surface area (Å²) in [6.07, 6.45) is 7.56. The molecule has 1 saturated carbocycles. The van der Waals surface area contributed by atoms with E-state index in [-0.39, 0.29) is 36.7 Å². The molecule has 44 heavy (non-hydrogen) atoms. The van der Waals surface area contributed by atoms with Crippen molar-refractivity contribution in [2.75, 3.05) is 39.8 Å². The molecule has 3 aromatic rings. The molecule has 7 bridgehead atoms. The maximum Gasteiger partial charge on any atom is 0.303 e. The zero-order valence-corrected chi connectivity index (χ0v) is 26.3. The minimum atomic E-state index is -4.05. The summed E-state index contributed by atoms with van der Waals surface area (Å²) in [5.41, 5.74) is 4.30. The number of nitrogens with one attached hydrogen (secondary N) is 1. The van der Waals surface area contributed by atoms with Gasteiger partial charge < -0.3 is 14.2 Å². The van der Waals surface area contributed by atoms with Crippen molar-refractivity contribution in [3.63, 3.8) is 0 Å². The van der Waals surface area contributed by atoms with Gasteiger partial charge in [0.1, 0.15) is 5.75 Å². The maximum atomic E-state index is 13.6. The highest BCUT2D eigenvalue weighted by molar-refractivity contribution is 7.87. The van der Waals surface area contributed by atoms with Crippen LogP contribution in [0.4, 0.5) is 0 Å². The summed E-state index contributed by atoms with van der Waals surface area (Å²) in [5.74, 6) is 0.359. The number of ether oxygens (including phenoxy) is 1. The highest BCUT2D eigenvalue weighted by Gasteiger charge is 2.42. The first-order valence-corrected chi connectivity index (χ1v) is 17.3. The zero-order valence-electron chi connectivity index (χ0n) is 25.5. The Kier molecular flexibility index (Phi) is 7.66. The van der Waals surface area contributed by atoms with Crippen molar-refractivity contribution in [3.8, 4) is 17.0 Å². The van der Waals surface area contributed by atoms with Gasteiger partial charge in [0.2, 0.25) is 0 Å². The molecule has 2 aromatic carbocycles. The van der Waals surface area contributed by atoms with E-state index in [1.165, 1.54) is 23.3 Å². The molecule has 2 amide bonds. The van der Waals surface area contributed by atoms with Gasteiger partial charge in [0.15, 0.2) is 6.61 Å². The summed E-state index contributed by atoms with van der Waals surface area (Å²) in [4.78, 5) is 31.2. The number of carbonyl (C=O) groups is 2. The van der Waals surface area contributed by atoms with Gasteiger partial charge in [0, 0.05) is 74.4 Å². The molecule has 0 spiro atoms. The van der Waals surface area contributed by atoms with Crippen molar-refractivity contribution >= 4 is 32.9 Å². The Balaban J connectivity index is 1.35. The Hall–Kier alpha value is -3.41. The largest absolute Gasteiger partial charge is 0.483 e. The number of piperazine rings is 1. The lowest BCUT2D eigenvalue weighted by molar-refractivity contribution is -0.139. The fraction of sp³-hybridized carbons (Fsp3) is 0.515. The van der Waals surface area contributed by atoms with Crippen molar-refractivity contribution in [1.82, 2.24) is 23.4 Å². The zero-order chi connectivity index (χ0) is 30.6. The number of para-hydroxylation sites is 1. The highest BCUT2D eigenvalue weighted by Crippen LogP contribution is 2.46. The van der Waals surface area contributed by atoms with Crippen LogP contribution in [-0.2, 0) is 22.1 Å². The molecule has 2 unspecified atom stereocenters. The Morgan fingerprint density at radius 1 is 0.886 bits per heavy atom. The smallest absolute Gasteiger partial charge is 0.303 e. The number of carbonyl (C=O) groups excluding carboxylic acids is 2. The SMILES string of the molecule is CN1CCN2CC3CCC(C2)N3C(=O)COc2ccccc2-c2c(C3CCCCC3)c3ccc(cc3n2C)C(=O)NS1(=O)=O. The van der Waals surface area contributed by atoms with Crippen molar-refractivity contribution in [1.29, 1.82) is 0 Å². The second-order valence-electron chi connectivity index (χ2n) is 12.9. The van der Waals surface area contributed by atoms with E-state index in [4.69, 9.17) is 4.74 Å². The summed E-state index contributed by atoms with van der Waals surface area (Å²) >= 11 is 0. The highest BCUT2D eigenvalue weighted by atomic mass is 32.2. The molecule has 1 aromatic heterocycles. The molecular formula is C33H41N5O5S. The lowest BCUT2D eigenvalue weighted by Gasteiger charge is -2.41. The van der Waals surface area contributed by atoms with Gasteiger partial charge in [0.05, 0.1) is 5.69 Å². The maximum absolute atomic E-state index is 13.6. The first-order chi connectivity index (χ1) is 21.2. The lowest BCUT2D eigenvalue weighted by Crippen LogP contribution is -2.57. The first-order valence-electron chi connectivity index (χ1n) is 15.9. The summed E-state index contributed by atoms with van der Waals surface area (Å²) in [6.45, 7) is 2.11. The molecule has 3 fully saturated rings. The van der Waals surface area contributed by atoms with Crippen molar-refractivity contribution in [2.24, 2.45) is 7.05 Å². The second kappa shape index (κ2) is 11.5. The number of fused-ring (bicyclic) bond motifs is 7. The average molecular weight is 620 g/mol. The third-order valence-corrected chi connectivity index (χ3v) is 11.7. The molecular weight excluding hydrogens is 578 g/mol. The summed E-state index contributed by atoms with van der Waals surface area (Å²) in [6, 6.07) is 13.5. The van der Waals surface area contributed by atoms with Gasteiger partial charge in [-0.25, -0.2) is 4.72 Å². The van der Waals surface area contributed by atoms with Crippen LogP contribution in [-0.4, -0.2) is 90.8 Å². The molecule has 1 aliphatic carbocycles. The fourth-order valence-electron chi connectivity index (χ4n) is 7.98. The average Bonchev–Trinajstić information content (AvgIpc) is 3.47. The molecule has 10 nitrogen and oxygen atoms in total. The number of hydrogen-bond acceptors (Lipinski definition) is 6. The molecule has 5 heterocycles. The van der Waals surface area contributed by atoms with Gasteiger partial charge >= 0.3 is 10.2 Å². The van der Waals surface area contributed by atoms with Crippen LogP contribution < -0.4 is 9.46 Å². The minimum Gasteiger partial charge on any atom is -0.483 e. The molecule has 2 saturated heterocycles. The molecule has 234 valence electrons.